The lowest BCUT2D eigenvalue weighted by atomic mass is 9.86. The summed E-state index contributed by atoms with van der Waals surface area (Å²) in [4.78, 5) is 11.4. The van der Waals surface area contributed by atoms with Gasteiger partial charge in [0, 0.05) is 0 Å². The van der Waals surface area contributed by atoms with Crippen LogP contribution in [0.2, 0.25) is 0 Å². The SMILES string of the molecule is O=C(Oc1ccccc1)C1CCC1. The number of benzene rings is 1. The minimum Gasteiger partial charge on any atom is -0.426 e. The van der Waals surface area contributed by atoms with Gasteiger partial charge in [0.25, 0.3) is 0 Å². The highest BCUT2D eigenvalue weighted by Gasteiger charge is 2.26. The van der Waals surface area contributed by atoms with E-state index in [1.807, 2.05) is 18.2 Å². The van der Waals surface area contributed by atoms with Gasteiger partial charge >= 0.3 is 5.97 Å². The predicted octanol–water partition coefficient (Wildman–Crippen LogP) is 2.39. The average molecular weight is 176 g/mol. The van der Waals surface area contributed by atoms with Crippen molar-refractivity contribution in [1.82, 2.24) is 0 Å². The van der Waals surface area contributed by atoms with Gasteiger partial charge in [-0.3, -0.25) is 4.79 Å². The fourth-order valence-electron chi connectivity index (χ4n) is 1.33. The van der Waals surface area contributed by atoms with Crippen LogP contribution < -0.4 is 4.74 Å². The van der Waals surface area contributed by atoms with E-state index in [1.165, 1.54) is 0 Å². The van der Waals surface area contributed by atoms with E-state index in [0.717, 1.165) is 19.3 Å². The second kappa shape index (κ2) is 3.60. The Morgan fingerprint density at radius 3 is 2.46 bits per heavy atom. The smallest absolute Gasteiger partial charge is 0.314 e. The molecule has 13 heavy (non-hydrogen) atoms. The van der Waals surface area contributed by atoms with Crippen LogP contribution in [-0.4, -0.2) is 5.97 Å². The first-order valence-electron chi connectivity index (χ1n) is 4.63. The molecule has 0 saturated heterocycles. The number of para-hydroxylation sites is 1. The molecule has 0 heterocycles. The van der Waals surface area contributed by atoms with E-state index >= 15 is 0 Å². The number of ether oxygens (including phenoxy) is 1. The van der Waals surface area contributed by atoms with Gasteiger partial charge in [0.2, 0.25) is 0 Å². The second-order valence-corrected chi connectivity index (χ2v) is 3.36. The number of rotatable bonds is 2. The fourth-order valence-corrected chi connectivity index (χ4v) is 1.33. The Hall–Kier alpha value is -1.31. The first-order valence-corrected chi connectivity index (χ1v) is 4.63. The van der Waals surface area contributed by atoms with Crippen molar-refractivity contribution < 1.29 is 9.53 Å². The lowest BCUT2D eigenvalue weighted by Gasteiger charge is -2.22. The quantitative estimate of drug-likeness (QED) is 0.511. The standard InChI is InChI=1S/C11H12O2/c12-11(9-5-4-6-9)13-10-7-2-1-3-8-10/h1-3,7-9H,4-6H2. The molecule has 0 amide bonds. The number of hydrogen-bond donors (Lipinski definition) is 0. The van der Waals surface area contributed by atoms with Crippen LogP contribution >= 0.6 is 0 Å². The van der Waals surface area contributed by atoms with Crippen molar-refractivity contribution in [2.24, 2.45) is 5.92 Å². The van der Waals surface area contributed by atoms with E-state index < -0.39 is 0 Å². The summed E-state index contributed by atoms with van der Waals surface area (Å²) in [6, 6.07) is 9.24. The van der Waals surface area contributed by atoms with Crippen LogP contribution in [0.5, 0.6) is 5.75 Å². The van der Waals surface area contributed by atoms with Gasteiger partial charge in [-0.15, -0.1) is 0 Å². The maximum Gasteiger partial charge on any atom is 0.314 e. The largest absolute Gasteiger partial charge is 0.426 e. The Kier molecular flexibility index (Phi) is 2.30. The van der Waals surface area contributed by atoms with E-state index in [1.54, 1.807) is 12.1 Å². The molecule has 2 rings (SSSR count). The van der Waals surface area contributed by atoms with Crippen molar-refractivity contribution in [2.45, 2.75) is 19.3 Å². The third-order valence-corrected chi connectivity index (χ3v) is 2.40. The van der Waals surface area contributed by atoms with Crippen molar-refractivity contribution >= 4 is 5.97 Å². The summed E-state index contributed by atoms with van der Waals surface area (Å²) in [5.74, 6) is 0.733. The highest BCUT2D eigenvalue weighted by molar-refractivity contribution is 5.75. The van der Waals surface area contributed by atoms with Crippen LogP contribution in [0.15, 0.2) is 30.3 Å². The van der Waals surface area contributed by atoms with Crippen LogP contribution in [0.3, 0.4) is 0 Å². The zero-order chi connectivity index (χ0) is 9.10. The van der Waals surface area contributed by atoms with Gasteiger partial charge < -0.3 is 4.74 Å². The molecule has 0 aromatic heterocycles. The highest BCUT2D eigenvalue weighted by atomic mass is 16.5. The minimum atomic E-state index is -0.0718. The molecule has 1 saturated carbocycles. The molecule has 1 aliphatic carbocycles. The zero-order valence-electron chi connectivity index (χ0n) is 7.40. The number of hydrogen-bond acceptors (Lipinski definition) is 2. The average Bonchev–Trinajstić information content (AvgIpc) is 2.02. The Balaban J connectivity index is 1.94. The zero-order valence-corrected chi connectivity index (χ0v) is 7.40. The van der Waals surface area contributed by atoms with E-state index in [-0.39, 0.29) is 11.9 Å². The van der Waals surface area contributed by atoms with Crippen molar-refractivity contribution in [3.05, 3.63) is 30.3 Å². The first kappa shape index (κ1) is 8.30. The highest BCUT2D eigenvalue weighted by Crippen LogP contribution is 2.28. The Labute approximate surface area is 77.5 Å². The molecule has 1 aliphatic rings. The van der Waals surface area contributed by atoms with Crippen LogP contribution in [-0.2, 0) is 4.79 Å². The predicted molar refractivity (Wildman–Crippen MR) is 49.4 cm³/mol. The number of carbonyl (C=O) groups excluding carboxylic acids is 1. The molecule has 1 aromatic carbocycles. The van der Waals surface area contributed by atoms with Gasteiger partial charge in [-0.05, 0) is 25.0 Å². The third kappa shape index (κ3) is 1.89. The summed E-state index contributed by atoms with van der Waals surface area (Å²) in [5.41, 5.74) is 0. The van der Waals surface area contributed by atoms with Crippen LogP contribution in [0.25, 0.3) is 0 Å². The Morgan fingerprint density at radius 2 is 1.92 bits per heavy atom. The first-order chi connectivity index (χ1) is 6.36. The molecule has 0 N–H and O–H groups in total. The normalized spacial score (nSPS) is 16.3. The maximum absolute atomic E-state index is 11.4. The molecule has 2 nitrogen and oxygen atoms in total. The molecule has 1 fully saturated rings. The molecular formula is C11H12O2. The molecule has 0 unspecified atom stereocenters. The topological polar surface area (TPSA) is 26.3 Å². The van der Waals surface area contributed by atoms with Crippen LogP contribution in [0.1, 0.15) is 19.3 Å². The Morgan fingerprint density at radius 1 is 1.23 bits per heavy atom. The summed E-state index contributed by atoms with van der Waals surface area (Å²) in [7, 11) is 0. The lowest BCUT2D eigenvalue weighted by Crippen LogP contribution is -2.26. The molecule has 0 aliphatic heterocycles. The summed E-state index contributed by atoms with van der Waals surface area (Å²) < 4.78 is 5.18. The van der Waals surface area contributed by atoms with Gasteiger partial charge in [0.1, 0.15) is 5.75 Å². The number of esters is 1. The van der Waals surface area contributed by atoms with Gasteiger partial charge in [0.05, 0.1) is 5.92 Å². The third-order valence-electron chi connectivity index (χ3n) is 2.40. The minimum absolute atomic E-state index is 0.0718. The van der Waals surface area contributed by atoms with Crippen molar-refractivity contribution in [3.8, 4) is 5.75 Å². The molecular weight excluding hydrogens is 164 g/mol. The number of carbonyl (C=O) groups is 1. The molecule has 1 aromatic rings. The van der Waals surface area contributed by atoms with Crippen molar-refractivity contribution in [2.75, 3.05) is 0 Å². The van der Waals surface area contributed by atoms with Gasteiger partial charge in [-0.2, -0.15) is 0 Å². The van der Waals surface area contributed by atoms with E-state index in [0.29, 0.717) is 5.75 Å². The van der Waals surface area contributed by atoms with Crippen molar-refractivity contribution in [1.29, 1.82) is 0 Å². The van der Waals surface area contributed by atoms with Gasteiger partial charge in [-0.1, -0.05) is 24.6 Å². The van der Waals surface area contributed by atoms with Crippen molar-refractivity contribution in [3.63, 3.8) is 0 Å². The van der Waals surface area contributed by atoms with Gasteiger partial charge in [0.15, 0.2) is 0 Å². The van der Waals surface area contributed by atoms with Gasteiger partial charge in [-0.25, -0.2) is 0 Å². The molecule has 0 atom stereocenters. The Bertz CT molecular complexity index is 288. The maximum atomic E-state index is 11.4. The summed E-state index contributed by atoms with van der Waals surface area (Å²) >= 11 is 0. The lowest BCUT2D eigenvalue weighted by molar-refractivity contribution is -0.141. The summed E-state index contributed by atoms with van der Waals surface area (Å²) in [5, 5.41) is 0. The van der Waals surface area contributed by atoms with Crippen LogP contribution in [0, 0.1) is 5.92 Å². The molecule has 0 spiro atoms. The fraction of sp³-hybridized carbons (Fsp3) is 0.364. The molecule has 0 radical (unpaired) electrons. The van der Waals surface area contributed by atoms with E-state index in [4.69, 9.17) is 4.74 Å². The summed E-state index contributed by atoms with van der Waals surface area (Å²) in [6.07, 6.45) is 3.14. The van der Waals surface area contributed by atoms with E-state index in [9.17, 15) is 4.79 Å². The second-order valence-electron chi connectivity index (χ2n) is 3.36. The van der Waals surface area contributed by atoms with E-state index in [2.05, 4.69) is 0 Å². The monoisotopic (exact) mass is 176 g/mol. The molecule has 68 valence electrons. The molecule has 0 bridgehead atoms. The summed E-state index contributed by atoms with van der Waals surface area (Å²) in [6.45, 7) is 0. The van der Waals surface area contributed by atoms with Crippen LogP contribution in [0.4, 0.5) is 0 Å². The molecule has 2 heteroatoms.